The fourth-order valence-electron chi connectivity index (χ4n) is 2.37. The molecule has 1 unspecified atom stereocenters. The number of anilines is 1. The van der Waals surface area contributed by atoms with Crippen LogP contribution in [0.4, 0.5) is 23.7 Å². The number of alkyl halides is 3. The fourth-order valence-corrected chi connectivity index (χ4v) is 2.49. The van der Waals surface area contributed by atoms with Crippen LogP contribution in [-0.4, -0.2) is 53.8 Å². The summed E-state index contributed by atoms with van der Waals surface area (Å²) in [6.07, 6.45) is -5.13. The number of aliphatic carboxylic acids is 2. The van der Waals surface area contributed by atoms with E-state index in [1.165, 1.54) is 12.1 Å². The number of nitrogens with one attached hydrogen (secondary N) is 1. The van der Waals surface area contributed by atoms with Gasteiger partial charge >= 0.3 is 24.2 Å². The van der Waals surface area contributed by atoms with Crippen LogP contribution in [0.1, 0.15) is 23.7 Å². The Morgan fingerprint density at radius 1 is 1.00 bits per heavy atom. The molecule has 0 aliphatic heterocycles. The van der Waals surface area contributed by atoms with Gasteiger partial charge in [-0.2, -0.15) is 13.2 Å². The van der Waals surface area contributed by atoms with Gasteiger partial charge in [0, 0.05) is 23.7 Å². The lowest BCUT2D eigenvalue weighted by molar-refractivity contribution is -0.159. The minimum absolute atomic E-state index is 0.218. The van der Waals surface area contributed by atoms with E-state index in [4.69, 9.17) is 36.1 Å². The summed E-state index contributed by atoms with van der Waals surface area (Å²) >= 11 is 5.89. The van der Waals surface area contributed by atoms with Crippen LogP contribution in [0.3, 0.4) is 0 Å². The lowest BCUT2D eigenvalue weighted by Crippen LogP contribution is -2.22. The predicted molar refractivity (Wildman–Crippen MR) is 114 cm³/mol. The van der Waals surface area contributed by atoms with Gasteiger partial charge in [-0.05, 0) is 56.1 Å². The molecule has 0 aliphatic rings. The number of benzene rings is 2. The molecule has 0 fully saturated rings. The van der Waals surface area contributed by atoms with Crippen molar-refractivity contribution in [3.63, 3.8) is 0 Å². The van der Waals surface area contributed by atoms with Crippen molar-refractivity contribution in [3.05, 3.63) is 64.7 Å². The highest BCUT2D eigenvalue weighted by Crippen LogP contribution is 2.30. The highest BCUT2D eigenvalue weighted by atomic mass is 35.5. The van der Waals surface area contributed by atoms with Crippen LogP contribution in [0.5, 0.6) is 0 Å². The number of hydrogen-bond acceptors (Lipinski definition) is 5. The van der Waals surface area contributed by atoms with E-state index >= 15 is 0 Å². The summed E-state index contributed by atoms with van der Waals surface area (Å²) in [6.45, 7) is 0.681. The second kappa shape index (κ2) is 12.7. The lowest BCUT2D eigenvalue weighted by atomic mass is 10.1. The lowest BCUT2D eigenvalue weighted by Gasteiger charge is -2.21. The fraction of sp³-hybridized carbons (Fsp3) is 0.286. The Bertz CT molecular complexity index is 923. The molecule has 1 atom stereocenters. The molecule has 8 nitrogen and oxygen atoms in total. The Balaban J connectivity index is 0.000000801. The molecular weight excluding hydrogens is 469 g/mol. The maximum absolute atomic E-state index is 12.6. The predicted octanol–water partition coefficient (Wildman–Crippen LogP) is 4.76. The number of amides is 1. The Morgan fingerprint density at radius 2 is 1.52 bits per heavy atom. The van der Waals surface area contributed by atoms with E-state index in [2.05, 4.69) is 5.32 Å². The molecule has 180 valence electrons. The number of nitrogens with zero attached hydrogens (tertiary/aromatic N) is 1. The number of hydrogen-bond donors (Lipinski definition) is 3. The maximum Gasteiger partial charge on any atom is 0.416 e. The third-order valence-electron chi connectivity index (χ3n) is 3.97. The second-order valence-corrected chi connectivity index (χ2v) is 7.28. The zero-order chi connectivity index (χ0) is 25.2. The number of ether oxygens (including phenoxy) is 1. The van der Waals surface area contributed by atoms with Gasteiger partial charge in [0.05, 0.1) is 5.56 Å². The highest BCUT2D eigenvalue weighted by Gasteiger charge is 2.30. The molecule has 33 heavy (non-hydrogen) atoms. The van der Waals surface area contributed by atoms with Crippen molar-refractivity contribution >= 4 is 35.3 Å². The van der Waals surface area contributed by atoms with Crippen LogP contribution in [0.15, 0.2) is 48.5 Å². The zero-order valence-corrected chi connectivity index (χ0v) is 18.4. The number of halogens is 4. The summed E-state index contributed by atoms with van der Waals surface area (Å²) in [6, 6.07) is 11.1. The molecule has 0 radical (unpaired) electrons. The van der Waals surface area contributed by atoms with Crippen molar-refractivity contribution in [1.82, 2.24) is 4.90 Å². The van der Waals surface area contributed by atoms with Crippen molar-refractivity contribution in [2.24, 2.45) is 0 Å². The Labute approximate surface area is 192 Å². The summed E-state index contributed by atoms with van der Waals surface area (Å²) in [5.74, 6) is -3.65. The Morgan fingerprint density at radius 3 is 1.94 bits per heavy atom. The maximum atomic E-state index is 12.6. The third kappa shape index (κ3) is 10.7. The van der Waals surface area contributed by atoms with Crippen molar-refractivity contribution in [1.29, 1.82) is 0 Å². The molecule has 0 saturated carbocycles. The molecule has 1 amide bonds. The molecule has 2 rings (SSSR count). The molecule has 2 aromatic rings. The first-order valence-corrected chi connectivity index (χ1v) is 9.68. The van der Waals surface area contributed by atoms with Gasteiger partial charge in [0.2, 0.25) is 0 Å². The van der Waals surface area contributed by atoms with E-state index in [9.17, 15) is 18.0 Å². The standard InChI is InChI=1S/C19H20ClF3N2O2.C2H2O4/c1-25(2)12-11-17(13-3-7-15(20)8-4-13)27-18(26)24-16-9-5-14(6-10-16)19(21,22)23;3-1(4)2(5)6/h3-10,17H,11-12H2,1-2H3,(H,24,26);(H,3,4)(H,5,6). The molecule has 12 heteroatoms. The Kier molecular flexibility index (Phi) is 10.6. The van der Waals surface area contributed by atoms with Crippen LogP contribution in [0.25, 0.3) is 0 Å². The van der Waals surface area contributed by atoms with Crippen molar-refractivity contribution in [3.8, 4) is 0 Å². The number of carboxylic acids is 2. The highest BCUT2D eigenvalue weighted by molar-refractivity contribution is 6.30. The molecule has 2 aromatic carbocycles. The summed E-state index contributed by atoms with van der Waals surface area (Å²) in [4.78, 5) is 32.4. The van der Waals surface area contributed by atoms with E-state index in [1.807, 2.05) is 19.0 Å². The second-order valence-electron chi connectivity index (χ2n) is 6.85. The first kappa shape index (κ1) is 27.7. The molecule has 0 aliphatic carbocycles. The van der Waals surface area contributed by atoms with Crippen LogP contribution in [0.2, 0.25) is 5.02 Å². The van der Waals surface area contributed by atoms with Gasteiger partial charge in [-0.15, -0.1) is 0 Å². The summed E-state index contributed by atoms with van der Waals surface area (Å²) in [5.41, 5.74) is 0.214. The zero-order valence-electron chi connectivity index (χ0n) is 17.6. The van der Waals surface area contributed by atoms with Gasteiger partial charge < -0.3 is 19.8 Å². The minimum Gasteiger partial charge on any atom is -0.473 e. The molecule has 0 heterocycles. The number of carbonyl (C=O) groups excluding carboxylic acids is 1. The van der Waals surface area contributed by atoms with Crippen molar-refractivity contribution in [2.45, 2.75) is 18.7 Å². The topological polar surface area (TPSA) is 116 Å². The third-order valence-corrected chi connectivity index (χ3v) is 4.22. The quantitative estimate of drug-likeness (QED) is 0.500. The van der Waals surface area contributed by atoms with Crippen molar-refractivity contribution in [2.75, 3.05) is 26.0 Å². The largest absolute Gasteiger partial charge is 0.473 e. The Hall–Kier alpha value is -3.31. The van der Waals surface area contributed by atoms with Crippen LogP contribution < -0.4 is 5.32 Å². The molecular formula is C21H22ClF3N2O6. The van der Waals surface area contributed by atoms with Crippen LogP contribution >= 0.6 is 11.6 Å². The van der Waals surface area contributed by atoms with E-state index in [0.29, 0.717) is 18.0 Å². The summed E-state index contributed by atoms with van der Waals surface area (Å²) < 4.78 is 43.3. The molecule has 0 aromatic heterocycles. The molecule has 0 spiro atoms. The van der Waals surface area contributed by atoms with E-state index < -0.39 is 35.9 Å². The van der Waals surface area contributed by atoms with Gasteiger partial charge in [-0.3, -0.25) is 5.32 Å². The van der Waals surface area contributed by atoms with Gasteiger partial charge in [-0.25, -0.2) is 14.4 Å². The average Bonchev–Trinajstić information content (AvgIpc) is 2.71. The van der Waals surface area contributed by atoms with Gasteiger partial charge in [0.15, 0.2) is 0 Å². The van der Waals surface area contributed by atoms with Gasteiger partial charge in [0.25, 0.3) is 0 Å². The first-order valence-electron chi connectivity index (χ1n) is 9.31. The van der Waals surface area contributed by atoms with Crippen molar-refractivity contribution < 1.29 is 42.5 Å². The SMILES string of the molecule is CN(C)CCC(OC(=O)Nc1ccc(C(F)(F)F)cc1)c1ccc(Cl)cc1.O=C(O)C(=O)O. The molecule has 3 N–H and O–H groups in total. The minimum atomic E-state index is -4.43. The number of carbonyl (C=O) groups is 3. The monoisotopic (exact) mass is 490 g/mol. The van der Waals surface area contributed by atoms with E-state index in [-0.39, 0.29) is 5.69 Å². The smallest absolute Gasteiger partial charge is 0.416 e. The normalized spacial score (nSPS) is 11.7. The molecule has 0 bridgehead atoms. The van der Waals surface area contributed by atoms with Crippen LogP contribution in [0, 0.1) is 0 Å². The van der Waals surface area contributed by atoms with Crippen LogP contribution in [-0.2, 0) is 20.5 Å². The number of carboxylic acid groups (broad SMARTS) is 2. The molecule has 0 saturated heterocycles. The van der Waals surface area contributed by atoms with Gasteiger partial charge in [0.1, 0.15) is 6.10 Å². The van der Waals surface area contributed by atoms with Gasteiger partial charge in [-0.1, -0.05) is 23.7 Å². The first-order chi connectivity index (χ1) is 15.3. The number of rotatable bonds is 6. The van der Waals surface area contributed by atoms with E-state index in [1.54, 1.807) is 24.3 Å². The summed E-state index contributed by atoms with van der Waals surface area (Å²) in [5, 5.41) is 17.8. The average molecular weight is 491 g/mol. The summed E-state index contributed by atoms with van der Waals surface area (Å²) in [7, 11) is 3.81. The van der Waals surface area contributed by atoms with E-state index in [0.717, 1.165) is 17.7 Å².